The van der Waals surface area contributed by atoms with Crippen LogP contribution in [-0.2, 0) is 17.5 Å². The molecule has 0 spiro atoms. The average Bonchev–Trinajstić information content (AvgIpc) is 3.03. The molecule has 0 unspecified atom stereocenters. The van der Waals surface area contributed by atoms with Gasteiger partial charge in [-0.15, -0.1) is 0 Å². The van der Waals surface area contributed by atoms with Crippen molar-refractivity contribution in [1.29, 1.82) is 5.26 Å². The Bertz CT molecular complexity index is 1230. The van der Waals surface area contributed by atoms with Crippen molar-refractivity contribution in [2.75, 3.05) is 5.32 Å². The minimum Gasteiger partial charge on any atom is -0.378 e. The number of hydrogen-bond acceptors (Lipinski definition) is 5. The lowest BCUT2D eigenvalue weighted by atomic mass is 10.1. The van der Waals surface area contributed by atoms with E-state index in [1.807, 2.05) is 0 Å². The summed E-state index contributed by atoms with van der Waals surface area (Å²) in [6.07, 6.45) is -2.19. The molecule has 3 rings (SSSR count). The van der Waals surface area contributed by atoms with Crippen LogP contribution in [0.1, 0.15) is 28.5 Å². The number of carbonyl (C=O) groups is 2. The van der Waals surface area contributed by atoms with E-state index in [-0.39, 0.29) is 23.2 Å². The molecule has 1 atom stereocenters. The fourth-order valence-electron chi connectivity index (χ4n) is 3.03. The molecule has 160 valence electrons. The highest BCUT2D eigenvalue weighted by molar-refractivity contribution is 5.99. The van der Waals surface area contributed by atoms with E-state index < -0.39 is 34.8 Å². The van der Waals surface area contributed by atoms with Crippen LogP contribution in [0.25, 0.3) is 10.9 Å². The molecule has 1 aromatic carbocycles. The van der Waals surface area contributed by atoms with Crippen molar-refractivity contribution in [3.05, 3.63) is 59.3 Å². The van der Waals surface area contributed by atoms with Gasteiger partial charge >= 0.3 is 6.18 Å². The number of aliphatic hydroxyl groups is 1. The Hall–Kier alpha value is -3.78. The Kier molecular flexibility index (Phi) is 5.52. The summed E-state index contributed by atoms with van der Waals surface area (Å²) in [5, 5.41) is 21.8. The zero-order valence-electron chi connectivity index (χ0n) is 15.9. The normalized spacial score (nSPS) is 13.5. The number of aromatic nitrogens is 2. The van der Waals surface area contributed by atoms with Gasteiger partial charge in [0.25, 0.3) is 5.91 Å². The van der Waals surface area contributed by atoms with E-state index in [0.29, 0.717) is 17.9 Å². The number of nitrogens with one attached hydrogen (secondary N) is 1. The van der Waals surface area contributed by atoms with Gasteiger partial charge in [0, 0.05) is 22.7 Å². The lowest BCUT2D eigenvalue weighted by Crippen LogP contribution is -2.43. The van der Waals surface area contributed by atoms with Gasteiger partial charge in [0.2, 0.25) is 0 Å². The molecule has 2 N–H and O–H groups in total. The van der Waals surface area contributed by atoms with Gasteiger partial charge in [-0.2, -0.15) is 18.4 Å². The molecule has 1 amide bonds. The zero-order valence-corrected chi connectivity index (χ0v) is 15.9. The maximum atomic E-state index is 13.5. The summed E-state index contributed by atoms with van der Waals surface area (Å²) in [5.74, 6) is -1.63. The summed E-state index contributed by atoms with van der Waals surface area (Å²) in [6.45, 7) is 0.741. The molecule has 0 aliphatic carbocycles. The number of carbonyl (C=O) groups excluding carboxylic acids is 2. The van der Waals surface area contributed by atoms with Gasteiger partial charge in [0.05, 0.1) is 24.0 Å². The second kappa shape index (κ2) is 7.81. The lowest BCUT2D eigenvalue weighted by Gasteiger charge is -2.23. The molecule has 31 heavy (non-hydrogen) atoms. The number of anilines is 1. The van der Waals surface area contributed by atoms with Crippen LogP contribution >= 0.6 is 0 Å². The Morgan fingerprint density at radius 3 is 2.68 bits per heavy atom. The first-order valence-electron chi connectivity index (χ1n) is 8.71. The second-order valence-electron chi connectivity index (χ2n) is 6.95. The second-order valence-corrected chi connectivity index (χ2v) is 6.95. The van der Waals surface area contributed by atoms with E-state index >= 15 is 0 Å². The molecule has 3 aromatic rings. The third kappa shape index (κ3) is 4.39. The van der Waals surface area contributed by atoms with E-state index in [9.17, 15) is 32.3 Å². The first-order valence-corrected chi connectivity index (χ1v) is 8.71. The van der Waals surface area contributed by atoms with E-state index in [2.05, 4.69) is 10.3 Å². The van der Waals surface area contributed by atoms with Crippen molar-refractivity contribution in [2.24, 2.45) is 0 Å². The highest BCUT2D eigenvalue weighted by Crippen LogP contribution is 2.33. The Labute approximate surface area is 172 Å². The highest BCUT2D eigenvalue weighted by atomic mass is 19.4. The Morgan fingerprint density at radius 1 is 1.35 bits per heavy atom. The average molecular weight is 434 g/mol. The number of amides is 1. The number of rotatable bonds is 5. The van der Waals surface area contributed by atoms with Crippen LogP contribution in [0, 0.1) is 17.1 Å². The number of benzene rings is 1. The molecular formula is C20H14F4N4O3. The van der Waals surface area contributed by atoms with Gasteiger partial charge in [-0.1, -0.05) is 0 Å². The number of nitriles is 1. The van der Waals surface area contributed by atoms with Crippen molar-refractivity contribution in [1.82, 2.24) is 9.55 Å². The smallest absolute Gasteiger partial charge is 0.378 e. The first kappa shape index (κ1) is 21.9. The topological polar surface area (TPSA) is 108 Å². The van der Waals surface area contributed by atoms with E-state index in [1.165, 1.54) is 22.9 Å². The number of aldehydes is 1. The fraction of sp³-hybridized carbons (Fsp3) is 0.200. The van der Waals surface area contributed by atoms with Gasteiger partial charge < -0.3 is 15.0 Å². The number of halogens is 4. The summed E-state index contributed by atoms with van der Waals surface area (Å²) >= 11 is 0. The van der Waals surface area contributed by atoms with Crippen molar-refractivity contribution < 1.29 is 32.3 Å². The predicted molar refractivity (Wildman–Crippen MR) is 100 cm³/mol. The summed E-state index contributed by atoms with van der Waals surface area (Å²) < 4.78 is 54.1. The molecule has 0 aliphatic rings. The van der Waals surface area contributed by atoms with Crippen LogP contribution in [0.5, 0.6) is 0 Å². The first-order chi connectivity index (χ1) is 14.5. The van der Waals surface area contributed by atoms with Gasteiger partial charge in [-0.25, -0.2) is 9.37 Å². The summed E-state index contributed by atoms with van der Waals surface area (Å²) in [6, 6.07) is 5.50. The minimum atomic E-state index is -4.87. The molecule has 0 bridgehead atoms. The Morgan fingerprint density at radius 2 is 2.06 bits per heavy atom. The molecule has 0 radical (unpaired) electrons. The van der Waals surface area contributed by atoms with Crippen LogP contribution < -0.4 is 5.32 Å². The third-order valence-electron chi connectivity index (χ3n) is 4.53. The van der Waals surface area contributed by atoms with Crippen LogP contribution in [0.4, 0.5) is 23.2 Å². The molecular weight excluding hydrogens is 420 g/mol. The van der Waals surface area contributed by atoms with Crippen molar-refractivity contribution >= 4 is 28.8 Å². The van der Waals surface area contributed by atoms with Crippen LogP contribution in [0.2, 0.25) is 0 Å². The van der Waals surface area contributed by atoms with Crippen LogP contribution in [0.15, 0.2) is 36.7 Å². The van der Waals surface area contributed by atoms with E-state index in [1.54, 1.807) is 0 Å². The number of nitrogens with zero attached hydrogens (tertiary/aromatic N) is 3. The molecule has 7 nitrogen and oxygen atoms in total. The fourth-order valence-corrected chi connectivity index (χ4v) is 3.03. The largest absolute Gasteiger partial charge is 0.419 e. The minimum absolute atomic E-state index is 0.136. The van der Waals surface area contributed by atoms with E-state index in [0.717, 1.165) is 25.3 Å². The standard InChI is InChI=1S/C20H14F4N4O3/c1-19(31,10-28-8-11(9-29)14-4-12(21)2-3-17(14)28)18(30)27-13-5-15(20(22,23)24)16(6-25)26-7-13/h2-5,7-9,31H,10H2,1H3,(H,27,30)/t19-/m0/s1. The maximum absolute atomic E-state index is 13.5. The molecule has 0 saturated carbocycles. The van der Waals surface area contributed by atoms with Crippen molar-refractivity contribution in [3.63, 3.8) is 0 Å². The van der Waals surface area contributed by atoms with Crippen LogP contribution in [0.3, 0.4) is 0 Å². The SMILES string of the molecule is C[C@](O)(Cn1cc(C=O)c2cc(F)ccc21)C(=O)Nc1cnc(C#N)c(C(F)(F)F)c1. The highest BCUT2D eigenvalue weighted by Gasteiger charge is 2.36. The molecule has 11 heteroatoms. The number of pyridine rings is 1. The summed E-state index contributed by atoms with van der Waals surface area (Å²) in [7, 11) is 0. The lowest BCUT2D eigenvalue weighted by molar-refractivity contribution is -0.138. The van der Waals surface area contributed by atoms with Crippen LogP contribution in [-0.4, -0.2) is 32.5 Å². The van der Waals surface area contributed by atoms with E-state index in [4.69, 9.17) is 5.26 Å². The quantitative estimate of drug-likeness (QED) is 0.473. The number of alkyl halides is 3. The Balaban J connectivity index is 1.89. The van der Waals surface area contributed by atoms with Gasteiger partial charge in [-0.05, 0) is 31.2 Å². The molecule has 2 heterocycles. The summed E-state index contributed by atoms with van der Waals surface area (Å²) in [5.41, 5.74) is -4.18. The molecule has 0 saturated heterocycles. The van der Waals surface area contributed by atoms with Gasteiger partial charge in [0.15, 0.2) is 17.6 Å². The predicted octanol–water partition coefficient (Wildman–Crippen LogP) is 3.27. The van der Waals surface area contributed by atoms with Crippen molar-refractivity contribution in [2.45, 2.75) is 25.2 Å². The van der Waals surface area contributed by atoms with Gasteiger partial charge in [-0.3, -0.25) is 9.59 Å². The maximum Gasteiger partial charge on any atom is 0.419 e. The molecule has 0 fully saturated rings. The molecule has 0 aliphatic heterocycles. The zero-order chi connectivity index (χ0) is 23.0. The number of fused-ring (bicyclic) bond motifs is 1. The third-order valence-corrected chi connectivity index (χ3v) is 4.53. The van der Waals surface area contributed by atoms with Gasteiger partial charge in [0.1, 0.15) is 11.9 Å². The molecule has 2 aromatic heterocycles. The van der Waals surface area contributed by atoms with Crippen molar-refractivity contribution in [3.8, 4) is 6.07 Å². The summed E-state index contributed by atoms with van der Waals surface area (Å²) in [4.78, 5) is 27.2. The number of hydrogen-bond donors (Lipinski definition) is 2. The monoisotopic (exact) mass is 434 g/mol.